The summed E-state index contributed by atoms with van der Waals surface area (Å²) in [6, 6.07) is 0.572. The first-order valence-corrected chi connectivity index (χ1v) is 7.68. The van der Waals surface area contributed by atoms with Crippen LogP contribution in [0, 0.1) is 0 Å². The zero-order chi connectivity index (χ0) is 13.9. The Kier molecular flexibility index (Phi) is 4.17. The molecule has 0 bridgehead atoms. The molecule has 1 aliphatic carbocycles. The largest absolute Gasteiger partial charge is 0.368 e. The topological polar surface area (TPSA) is 54.0 Å². The van der Waals surface area contributed by atoms with E-state index in [0.717, 1.165) is 31.3 Å². The summed E-state index contributed by atoms with van der Waals surface area (Å²) in [6.07, 6.45) is 8.47. The first-order valence-electron chi connectivity index (χ1n) is 7.68. The quantitative estimate of drug-likeness (QED) is 0.861. The molecule has 20 heavy (non-hydrogen) atoms. The molecule has 5 heteroatoms. The number of hydrogen-bond acceptors (Lipinski definition) is 4. The molecule has 3 rings (SSSR count). The summed E-state index contributed by atoms with van der Waals surface area (Å²) in [5, 5.41) is 7.33. The Bertz CT molecular complexity index is 468. The minimum Gasteiger partial charge on any atom is -0.368 e. The van der Waals surface area contributed by atoms with Gasteiger partial charge in [-0.2, -0.15) is 5.10 Å². The second-order valence-electron chi connectivity index (χ2n) is 6.01. The highest BCUT2D eigenvalue weighted by atomic mass is 16.5. The van der Waals surface area contributed by atoms with Crippen LogP contribution in [0.5, 0.6) is 0 Å². The number of allylic oxidation sites excluding steroid dienone is 1. The zero-order valence-electron chi connectivity index (χ0n) is 12.4. The summed E-state index contributed by atoms with van der Waals surface area (Å²) < 4.78 is 5.88. The van der Waals surface area contributed by atoms with E-state index < -0.39 is 0 Å². The number of aromatic amines is 1. The van der Waals surface area contributed by atoms with E-state index in [1.54, 1.807) is 0 Å². The number of nitrogens with one attached hydrogen (secondary N) is 1. The minimum absolute atomic E-state index is 0.0269. The third-order valence-corrected chi connectivity index (χ3v) is 4.14. The van der Waals surface area contributed by atoms with Gasteiger partial charge in [-0.05, 0) is 19.3 Å². The molecule has 2 aliphatic rings. The number of aromatic nitrogens is 3. The van der Waals surface area contributed by atoms with Gasteiger partial charge in [-0.25, -0.2) is 4.98 Å². The van der Waals surface area contributed by atoms with Gasteiger partial charge in [-0.1, -0.05) is 26.0 Å². The van der Waals surface area contributed by atoms with Crippen LogP contribution in [0.2, 0.25) is 0 Å². The Labute approximate surface area is 120 Å². The van der Waals surface area contributed by atoms with Crippen LogP contribution in [-0.2, 0) is 4.74 Å². The molecule has 2 atom stereocenters. The molecule has 2 heterocycles. The van der Waals surface area contributed by atoms with E-state index in [2.05, 4.69) is 46.1 Å². The maximum atomic E-state index is 5.88. The Morgan fingerprint density at radius 1 is 1.45 bits per heavy atom. The highest BCUT2D eigenvalue weighted by Gasteiger charge is 2.28. The summed E-state index contributed by atoms with van der Waals surface area (Å²) in [4.78, 5) is 7.09. The first-order chi connectivity index (χ1) is 9.74. The fourth-order valence-corrected chi connectivity index (χ4v) is 2.92. The molecule has 1 aliphatic heterocycles. The molecule has 1 aromatic heterocycles. The van der Waals surface area contributed by atoms with Crippen LogP contribution in [0.1, 0.15) is 56.8 Å². The molecule has 110 valence electrons. The standard InChI is InChI=1S/C15H24N4O/c1-11(2)14-16-15(18-17-14)13-10-19(8-9-20-13)12-6-4-3-5-7-12/h4,6,11-13H,3,5,7-10H2,1-2H3,(H,16,17,18)/t12-,13-/m0/s1. The van der Waals surface area contributed by atoms with E-state index in [1.165, 1.54) is 19.3 Å². The van der Waals surface area contributed by atoms with Gasteiger partial charge in [0, 0.05) is 25.0 Å². The van der Waals surface area contributed by atoms with E-state index >= 15 is 0 Å². The highest BCUT2D eigenvalue weighted by molar-refractivity contribution is 5.03. The Morgan fingerprint density at radius 3 is 3.05 bits per heavy atom. The van der Waals surface area contributed by atoms with Crippen LogP contribution < -0.4 is 0 Å². The lowest BCUT2D eigenvalue weighted by Crippen LogP contribution is -2.44. The van der Waals surface area contributed by atoms with Gasteiger partial charge in [0.1, 0.15) is 6.10 Å². The number of ether oxygens (including phenoxy) is 1. The molecule has 1 saturated heterocycles. The highest BCUT2D eigenvalue weighted by Crippen LogP contribution is 2.25. The van der Waals surface area contributed by atoms with Crippen molar-refractivity contribution < 1.29 is 4.74 Å². The molecule has 0 aromatic carbocycles. The Hall–Kier alpha value is -1.20. The third kappa shape index (κ3) is 2.94. The molecule has 0 radical (unpaired) electrons. The van der Waals surface area contributed by atoms with Crippen LogP contribution in [0.15, 0.2) is 12.2 Å². The fourth-order valence-electron chi connectivity index (χ4n) is 2.92. The summed E-state index contributed by atoms with van der Waals surface area (Å²) in [5.41, 5.74) is 0. The first kappa shape index (κ1) is 13.8. The van der Waals surface area contributed by atoms with Crippen molar-refractivity contribution in [2.45, 2.75) is 51.2 Å². The van der Waals surface area contributed by atoms with Crippen molar-refractivity contribution >= 4 is 0 Å². The van der Waals surface area contributed by atoms with Crippen LogP contribution in [0.25, 0.3) is 0 Å². The molecule has 0 saturated carbocycles. The number of hydrogen-bond donors (Lipinski definition) is 1. The molecule has 0 spiro atoms. The fraction of sp³-hybridized carbons (Fsp3) is 0.733. The lowest BCUT2D eigenvalue weighted by atomic mass is 10.0. The van der Waals surface area contributed by atoms with Gasteiger partial charge in [-0.15, -0.1) is 0 Å². The monoisotopic (exact) mass is 276 g/mol. The maximum Gasteiger partial charge on any atom is 0.155 e. The predicted molar refractivity (Wildman–Crippen MR) is 77.5 cm³/mol. The molecule has 1 fully saturated rings. The Morgan fingerprint density at radius 2 is 2.35 bits per heavy atom. The van der Waals surface area contributed by atoms with Crippen molar-refractivity contribution in [2.24, 2.45) is 0 Å². The van der Waals surface area contributed by atoms with E-state index in [1.807, 2.05) is 0 Å². The van der Waals surface area contributed by atoms with Gasteiger partial charge in [0.05, 0.1) is 6.61 Å². The van der Waals surface area contributed by atoms with E-state index in [0.29, 0.717) is 12.0 Å². The molecular formula is C15H24N4O. The summed E-state index contributed by atoms with van der Waals surface area (Å²) in [5.74, 6) is 2.09. The SMILES string of the molecule is CC(C)c1n[nH]c([C@@H]2CN([C@H]3C=CCCC3)CCO2)n1. The normalized spacial score (nSPS) is 28.1. The van der Waals surface area contributed by atoms with Gasteiger partial charge in [0.2, 0.25) is 0 Å². The zero-order valence-corrected chi connectivity index (χ0v) is 12.4. The van der Waals surface area contributed by atoms with Crippen molar-refractivity contribution in [3.8, 4) is 0 Å². The third-order valence-electron chi connectivity index (χ3n) is 4.14. The van der Waals surface area contributed by atoms with Crippen LogP contribution in [0.4, 0.5) is 0 Å². The van der Waals surface area contributed by atoms with Crippen molar-refractivity contribution in [3.63, 3.8) is 0 Å². The van der Waals surface area contributed by atoms with E-state index in [4.69, 9.17) is 4.74 Å². The Balaban J connectivity index is 1.67. The van der Waals surface area contributed by atoms with E-state index in [9.17, 15) is 0 Å². The second-order valence-corrected chi connectivity index (χ2v) is 6.01. The molecule has 5 nitrogen and oxygen atoms in total. The van der Waals surface area contributed by atoms with Gasteiger partial charge >= 0.3 is 0 Å². The average molecular weight is 276 g/mol. The molecule has 1 aromatic rings. The van der Waals surface area contributed by atoms with Gasteiger partial charge in [-0.3, -0.25) is 10.00 Å². The van der Waals surface area contributed by atoms with E-state index in [-0.39, 0.29) is 6.10 Å². The van der Waals surface area contributed by atoms with Crippen molar-refractivity contribution in [1.82, 2.24) is 20.1 Å². The van der Waals surface area contributed by atoms with Gasteiger partial charge < -0.3 is 4.74 Å². The summed E-state index contributed by atoms with van der Waals surface area (Å²) >= 11 is 0. The number of rotatable bonds is 3. The minimum atomic E-state index is 0.0269. The van der Waals surface area contributed by atoms with Crippen LogP contribution in [-0.4, -0.2) is 45.8 Å². The molecule has 1 N–H and O–H groups in total. The number of morpholine rings is 1. The smallest absolute Gasteiger partial charge is 0.155 e. The molecule has 0 amide bonds. The van der Waals surface area contributed by atoms with Gasteiger partial charge in [0.25, 0.3) is 0 Å². The lowest BCUT2D eigenvalue weighted by Gasteiger charge is -2.37. The molecular weight excluding hydrogens is 252 g/mol. The van der Waals surface area contributed by atoms with Crippen molar-refractivity contribution in [3.05, 3.63) is 23.8 Å². The molecule has 0 unspecified atom stereocenters. The number of nitrogens with zero attached hydrogens (tertiary/aromatic N) is 3. The van der Waals surface area contributed by atoms with Crippen LogP contribution >= 0.6 is 0 Å². The van der Waals surface area contributed by atoms with Crippen molar-refractivity contribution in [2.75, 3.05) is 19.7 Å². The lowest BCUT2D eigenvalue weighted by molar-refractivity contribution is -0.0442. The second kappa shape index (κ2) is 6.06. The summed E-state index contributed by atoms with van der Waals surface area (Å²) in [7, 11) is 0. The van der Waals surface area contributed by atoms with Gasteiger partial charge in [0.15, 0.2) is 11.6 Å². The summed E-state index contributed by atoms with van der Waals surface area (Å²) in [6.45, 7) is 6.90. The predicted octanol–water partition coefficient (Wildman–Crippen LogP) is 2.41. The maximum absolute atomic E-state index is 5.88. The van der Waals surface area contributed by atoms with Crippen LogP contribution in [0.3, 0.4) is 0 Å². The van der Waals surface area contributed by atoms with Crippen molar-refractivity contribution in [1.29, 1.82) is 0 Å². The average Bonchev–Trinajstić information content (AvgIpc) is 2.98. The number of H-pyrrole nitrogens is 1.